The van der Waals surface area contributed by atoms with Crippen molar-refractivity contribution in [2.45, 2.75) is 32.1 Å². The Morgan fingerprint density at radius 2 is 1.70 bits per heavy atom. The summed E-state index contributed by atoms with van der Waals surface area (Å²) in [7, 11) is 1.64. The van der Waals surface area contributed by atoms with E-state index in [9.17, 15) is 5.26 Å². The number of aryl methyl sites for hydroxylation is 1. The van der Waals surface area contributed by atoms with Crippen LogP contribution in [-0.4, -0.2) is 13.7 Å². The summed E-state index contributed by atoms with van der Waals surface area (Å²) >= 11 is 0. The number of hydrogen-bond acceptors (Lipinski definition) is 3. The summed E-state index contributed by atoms with van der Waals surface area (Å²) in [5.41, 5.74) is 2.12. The van der Waals surface area contributed by atoms with Crippen molar-refractivity contribution < 1.29 is 9.47 Å². The molecular weight excluding hydrogens is 286 g/mol. The van der Waals surface area contributed by atoms with E-state index in [1.165, 1.54) is 0 Å². The summed E-state index contributed by atoms with van der Waals surface area (Å²) in [5.74, 6) is 1.59. The van der Waals surface area contributed by atoms with Gasteiger partial charge in [-0.1, -0.05) is 36.4 Å². The Labute approximate surface area is 138 Å². The molecule has 0 saturated heterocycles. The lowest BCUT2D eigenvalue weighted by Crippen LogP contribution is -2.02. The summed E-state index contributed by atoms with van der Waals surface area (Å²) in [6.45, 7) is 2.72. The van der Waals surface area contributed by atoms with Crippen LogP contribution in [0, 0.1) is 18.3 Å². The highest BCUT2D eigenvalue weighted by molar-refractivity contribution is 5.39. The van der Waals surface area contributed by atoms with Gasteiger partial charge in [0.2, 0.25) is 0 Å². The fraction of sp³-hybridized carbons (Fsp3) is 0.350. The van der Waals surface area contributed by atoms with Crippen molar-refractivity contribution in [3.8, 4) is 17.6 Å². The van der Waals surface area contributed by atoms with Crippen LogP contribution in [0.2, 0.25) is 0 Å². The second kappa shape index (κ2) is 8.85. The first-order valence-electron chi connectivity index (χ1n) is 7.97. The van der Waals surface area contributed by atoms with Crippen LogP contribution in [0.25, 0.3) is 0 Å². The largest absolute Gasteiger partial charge is 0.496 e. The zero-order chi connectivity index (χ0) is 16.5. The molecule has 0 aromatic heterocycles. The van der Waals surface area contributed by atoms with E-state index < -0.39 is 0 Å². The van der Waals surface area contributed by atoms with Gasteiger partial charge in [-0.05, 0) is 43.9 Å². The molecule has 2 aromatic carbocycles. The number of ether oxygens (including phenoxy) is 2. The monoisotopic (exact) mass is 309 g/mol. The smallest absolute Gasteiger partial charge is 0.123 e. The number of nitrogens with zero attached hydrogens (tertiary/aromatic N) is 1. The maximum Gasteiger partial charge on any atom is 0.123 e. The Bertz CT molecular complexity index is 661. The van der Waals surface area contributed by atoms with Crippen LogP contribution in [0.4, 0.5) is 0 Å². The molecule has 0 amide bonds. The highest BCUT2D eigenvalue weighted by Gasteiger charge is 2.14. The van der Waals surface area contributed by atoms with E-state index in [4.69, 9.17) is 9.47 Å². The molecule has 0 saturated carbocycles. The number of nitriles is 1. The van der Waals surface area contributed by atoms with E-state index in [0.29, 0.717) is 6.61 Å². The molecule has 0 bridgehead atoms. The maximum atomic E-state index is 9.43. The summed E-state index contributed by atoms with van der Waals surface area (Å²) in [6, 6.07) is 18.2. The highest BCUT2D eigenvalue weighted by Crippen LogP contribution is 2.29. The predicted octanol–water partition coefficient (Wildman–Crippen LogP) is 4.86. The van der Waals surface area contributed by atoms with E-state index >= 15 is 0 Å². The molecule has 0 radical (unpaired) electrons. The van der Waals surface area contributed by atoms with Gasteiger partial charge < -0.3 is 9.47 Å². The lowest BCUT2D eigenvalue weighted by atomic mass is 9.94. The molecule has 3 heteroatoms. The van der Waals surface area contributed by atoms with Crippen molar-refractivity contribution in [3.05, 3.63) is 59.7 Å². The van der Waals surface area contributed by atoms with Gasteiger partial charge in [0.05, 0.1) is 25.7 Å². The molecule has 0 aliphatic carbocycles. The first-order chi connectivity index (χ1) is 11.3. The summed E-state index contributed by atoms with van der Waals surface area (Å²) in [5, 5.41) is 9.43. The fourth-order valence-electron chi connectivity index (χ4n) is 2.59. The Hall–Kier alpha value is -2.47. The molecule has 0 spiro atoms. The average molecular weight is 309 g/mol. The van der Waals surface area contributed by atoms with Gasteiger partial charge >= 0.3 is 0 Å². The maximum absolute atomic E-state index is 9.43. The summed E-state index contributed by atoms with van der Waals surface area (Å²) in [4.78, 5) is 0. The molecule has 2 aromatic rings. The van der Waals surface area contributed by atoms with Gasteiger partial charge in [-0.25, -0.2) is 0 Å². The van der Waals surface area contributed by atoms with Crippen LogP contribution in [0.5, 0.6) is 11.5 Å². The van der Waals surface area contributed by atoms with Crippen LogP contribution >= 0.6 is 0 Å². The lowest BCUT2D eigenvalue weighted by Gasteiger charge is -2.14. The van der Waals surface area contributed by atoms with E-state index in [0.717, 1.165) is 41.9 Å². The topological polar surface area (TPSA) is 42.2 Å². The summed E-state index contributed by atoms with van der Waals surface area (Å²) < 4.78 is 11.1. The van der Waals surface area contributed by atoms with Crippen LogP contribution in [0.15, 0.2) is 48.5 Å². The van der Waals surface area contributed by atoms with Gasteiger partial charge in [-0.3, -0.25) is 0 Å². The van der Waals surface area contributed by atoms with Crippen molar-refractivity contribution in [3.63, 3.8) is 0 Å². The minimum absolute atomic E-state index is 0.135. The molecule has 23 heavy (non-hydrogen) atoms. The number of unbranched alkanes of at least 4 members (excludes halogenated alkanes) is 1. The second-order valence-corrected chi connectivity index (χ2v) is 5.53. The first kappa shape index (κ1) is 16.9. The normalized spacial score (nSPS) is 11.5. The zero-order valence-electron chi connectivity index (χ0n) is 13.8. The Balaban J connectivity index is 1.81. The molecule has 3 nitrogen and oxygen atoms in total. The molecule has 0 aliphatic rings. The molecule has 2 rings (SSSR count). The van der Waals surface area contributed by atoms with E-state index in [2.05, 4.69) is 6.07 Å². The first-order valence-corrected chi connectivity index (χ1v) is 7.97. The van der Waals surface area contributed by atoms with Crippen LogP contribution in [0.1, 0.15) is 36.3 Å². The minimum atomic E-state index is -0.135. The number of rotatable bonds is 8. The number of methoxy groups -OCH3 is 1. The highest BCUT2D eigenvalue weighted by atomic mass is 16.5. The number of hydrogen-bond donors (Lipinski definition) is 0. The predicted molar refractivity (Wildman–Crippen MR) is 91.9 cm³/mol. The van der Waals surface area contributed by atoms with Crippen molar-refractivity contribution in [2.24, 2.45) is 0 Å². The van der Waals surface area contributed by atoms with Gasteiger partial charge in [0, 0.05) is 5.56 Å². The van der Waals surface area contributed by atoms with E-state index in [1.54, 1.807) is 7.11 Å². The summed E-state index contributed by atoms with van der Waals surface area (Å²) in [6.07, 6.45) is 2.69. The van der Waals surface area contributed by atoms with Crippen molar-refractivity contribution in [2.75, 3.05) is 13.7 Å². The van der Waals surface area contributed by atoms with Gasteiger partial charge in [-0.2, -0.15) is 5.26 Å². The lowest BCUT2D eigenvalue weighted by molar-refractivity contribution is 0.302. The third kappa shape index (κ3) is 4.75. The molecule has 1 atom stereocenters. The molecule has 120 valence electrons. The van der Waals surface area contributed by atoms with Gasteiger partial charge in [0.15, 0.2) is 0 Å². The third-order valence-electron chi connectivity index (χ3n) is 3.91. The fourth-order valence-corrected chi connectivity index (χ4v) is 2.59. The van der Waals surface area contributed by atoms with Gasteiger partial charge in [0.1, 0.15) is 11.5 Å². The minimum Gasteiger partial charge on any atom is -0.496 e. The van der Waals surface area contributed by atoms with E-state index in [-0.39, 0.29) is 5.92 Å². The SMILES string of the molecule is COc1ccccc1C(C#N)CCCCOc1ccccc1C. The Morgan fingerprint density at radius 3 is 2.39 bits per heavy atom. The average Bonchev–Trinajstić information content (AvgIpc) is 2.59. The Kier molecular flexibility index (Phi) is 6.50. The van der Waals surface area contributed by atoms with Gasteiger partial charge in [-0.15, -0.1) is 0 Å². The van der Waals surface area contributed by atoms with Crippen LogP contribution in [0.3, 0.4) is 0 Å². The third-order valence-corrected chi connectivity index (χ3v) is 3.91. The van der Waals surface area contributed by atoms with Crippen molar-refractivity contribution in [1.82, 2.24) is 0 Å². The standard InChI is InChI=1S/C20H23NO2/c1-16-9-3-5-12-19(16)23-14-8-7-10-17(15-21)18-11-4-6-13-20(18)22-2/h3-6,9,11-13,17H,7-8,10,14H2,1-2H3. The molecule has 1 unspecified atom stereocenters. The Morgan fingerprint density at radius 1 is 1.00 bits per heavy atom. The quantitative estimate of drug-likeness (QED) is 0.654. The molecule has 0 aliphatic heterocycles. The van der Waals surface area contributed by atoms with Gasteiger partial charge in [0.25, 0.3) is 0 Å². The van der Waals surface area contributed by atoms with E-state index in [1.807, 2.05) is 55.5 Å². The van der Waals surface area contributed by atoms with Crippen molar-refractivity contribution in [1.29, 1.82) is 5.26 Å². The molecule has 0 N–H and O–H groups in total. The molecule has 0 fully saturated rings. The molecule has 0 heterocycles. The number of para-hydroxylation sites is 2. The molecular formula is C20H23NO2. The zero-order valence-corrected chi connectivity index (χ0v) is 13.8. The van der Waals surface area contributed by atoms with Crippen LogP contribution in [-0.2, 0) is 0 Å². The van der Waals surface area contributed by atoms with Crippen molar-refractivity contribution >= 4 is 0 Å². The van der Waals surface area contributed by atoms with Crippen LogP contribution < -0.4 is 9.47 Å². The second-order valence-electron chi connectivity index (χ2n) is 5.53. The number of benzene rings is 2.